The van der Waals surface area contributed by atoms with Gasteiger partial charge in [-0.1, -0.05) is 0 Å². The molecule has 0 aromatic carbocycles. The zero-order valence-electron chi connectivity index (χ0n) is 9.75. The minimum absolute atomic E-state index is 0.491. The van der Waals surface area contributed by atoms with Gasteiger partial charge in [0.25, 0.3) is 0 Å². The molecule has 1 N–H and O–H groups in total. The summed E-state index contributed by atoms with van der Waals surface area (Å²) in [4.78, 5) is 2.38. The molecule has 84 valence electrons. The molecule has 1 aliphatic heterocycles. The van der Waals surface area contributed by atoms with Crippen molar-refractivity contribution in [3.8, 4) is 0 Å². The molecular weight excluding hydrogens is 176 g/mol. The second-order valence-corrected chi connectivity index (χ2v) is 4.38. The van der Waals surface area contributed by atoms with E-state index in [2.05, 4.69) is 24.2 Å². The maximum atomic E-state index is 5.60. The first-order valence-corrected chi connectivity index (χ1v) is 5.69. The highest BCUT2D eigenvalue weighted by atomic mass is 16.5. The molecular formula is C11H24N2O. The van der Waals surface area contributed by atoms with Gasteiger partial charge >= 0.3 is 0 Å². The topological polar surface area (TPSA) is 24.5 Å². The molecule has 14 heavy (non-hydrogen) atoms. The van der Waals surface area contributed by atoms with Crippen LogP contribution in [0.5, 0.6) is 0 Å². The van der Waals surface area contributed by atoms with Crippen molar-refractivity contribution in [3.05, 3.63) is 0 Å². The first-order valence-electron chi connectivity index (χ1n) is 5.69. The molecule has 0 aliphatic carbocycles. The largest absolute Gasteiger partial charge is 0.377 e. The minimum Gasteiger partial charge on any atom is -0.377 e. The van der Waals surface area contributed by atoms with Crippen LogP contribution in [0.25, 0.3) is 0 Å². The number of hydrogen-bond acceptors (Lipinski definition) is 3. The van der Waals surface area contributed by atoms with Crippen molar-refractivity contribution in [2.45, 2.75) is 38.3 Å². The van der Waals surface area contributed by atoms with Crippen LogP contribution in [-0.4, -0.2) is 50.8 Å². The summed E-state index contributed by atoms with van der Waals surface area (Å²) in [6, 6.07) is 0.613. The van der Waals surface area contributed by atoms with Gasteiger partial charge in [-0.15, -0.1) is 0 Å². The van der Waals surface area contributed by atoms with Crippen molar-refractivity contribution in [2.75, 3.05) is 33.8 Å². The van der Waals surface area contributed by atoms with Crippen LogP contribution in [0.1, 0.15) is 26.2 Å². The van der Waals surface area contributed by atoms with E-state index in [1.165, 1.54) is 19.3 Å². The zero-order valence-corrected chi connectivity index (χ0v) is 9.75. The smallest absolute Gasteiger partial charge is 0.0702 e. The van der Waals surface area contributed by atoms with Crippen LogP contribution in [-0.2, 0) is 4.74 Å². The second-order valence-electron chi connectivity index (χ2n) is 4.38. The van der Waals surface area contributed by atoms with Crippen LogP contribution in [0.15, 0.2) is 0 Å². The number of likely N-dealkylation sites (N-methyl/N-ethyl adjacent to an activating group) is 1. The molecule has 0 amide bonds. The first-order chi connectivity index (χ1) is 6.72. The fourth-order valence-electron chi connectivity index (χ4n) is 1.79. The predicted molar refractivity (Wildman–Crippen MR) is 59.6 cm³/mol. The van der Waals surface area contributed by atoms with E-state index in [4.69, 9.17) is 4.74 Å². The molecule has 1 heterocycles. The third-order valence-corrected chi connectivity index (χ3v) is 2.98. The Balaban J connectivity index is 2.05. The predicted octanol–water partition coefficient (Wildman–Crippen LogP) is 1.10. The van der Waals surface area contributed by atoms with Crippen LogP contribution in [0.2, 0.25) is 0 Å². The Bertz CT molecular complexity index is 146. The Labute approximate surface area is 87.8 Å². The SMILES string of the molecule is CNC(C)CCN(C)CC1CCCO1. The van der Waals surface area contributed by atoms with E-state index in [0.717, 1.165) is 19.7 Å². The van der Waals surface area contributed by atoms with E-state index in [9.17, 15) is 0 Å². The molecule has 0 bridgehead atoms. The van der Waals surface area contributed by atoms with Gasteiger partial charge in [-0.05, 0) is 46.8 Å². The standard InChI is InChI=1S/C11H24N2O/c1-10(12-2)6-7-13(3)9-11-5-4-8-14-11/h10-12H,4-9H2,1-3H3. The van der Waals surface area contributed by atoms with Crippen LogP contribution in [0.4, 0.5) is 0 Å². The molecule has 1 aliphatic rings. The molecule has 2 unspecified atom stereocenters. The first kappa shape index (κ1) is 12.0. The third kappa shape index (κ3) is 4.40. The number of rotatable bonds is 6. The molecule has 2 atom stereocenters. The molecule has 1 fully saturated rings. The number of ether oxygens (including phenoxy) is 1. The van der Waals surface area contributed by atoms with E-state index in [1.807, 2.05) is 7.05 Å². The summed E-state index contributed by atoms with van der Waals surface area (Å²) in [5, 5.41) is 3.26. The molecule has 0 radical (unpaired) electrons. The Morgan fingerprint density at radius 2 is 2.36 bits per heavy atom. The summed E-state index contributed by atoms with van der Waals surface area (Å²) in [5.41, 5.74) is 0. The highest BCUT2D eigenvalue weighted by Gasteiger charge is 2.17. The molecule has 0 aromatic rings. The fraction of sp³-hybridized carbons (Fsp3) is 1.00. The summed E-state index contributed by atoms with van der Waals surface area (Å²) >= 11 is 0. The maximum absolute atomic E-state index is 5.60. The molecule has 0 saturated carbocycles. The molecule has 0 spiro atoms. The van der Waals surface area contributed by atoms with Gasteiger partial charge in [0.05, 0.1) is 6.10 Å². The maximum Gasteiger partial charge on any atom is 0.0702 e. The van der Waals surface area contributed by atoms with Crippen LogP contribution >= 0.6 is 0 Å². The Morgan fingerprint density at radius 1 is 1.57 bits per heavy atom. The van der Waals surface area contributed by atoms with Gasteiger partial charge in [-0.2, -0.15) is 0 Å². The minimum atomic E-state index is 0.491. The molecule has 3 heteroatoms. The van der Waals surface area contributed by atoms with Gasteiger partial charge in [-0.3, -0.25) is 0 Å². The average molecular weight is 200 g/mol. The van der Waals surface area contributed by atoms with Crippen LogP contribution in [0, 0.1) is 0 Å². The highest BCUT2D eigenvalue weighted by molar-refractivity contribution is 4.69. The van der Waals surface area contributed by atoms with E-state index < -0.39 is 0 Å². The summed E-state index contributed by atoms with van der Waals surface area (Å²) in [6.45, 7) is 5.43. The van der Waals surface area contributed by atoms with Crippen LogP contribution < -0.4 is 5.32 Å². The van der Waals surface area contributed by atoms with E-state index >= 15 is 0 Å². The van der Waals surface area contributed by atoms with E-state index in [-0.39, 0.29) is 0 Å². The number of nitrogens with zero attached hydrogens (tertiary/aromatic N) is 1. The summed E-state index contributed by atoms with van der Waals surface area (Å²) in [5.74, 6) is 0. The van der Waals surface area contributed by atoms with Crippen molar-refractivity contribution >= 4 is 0 Å². The van der Waals surface area contributed by atoms with Gasteiger partial charge in [0.2, 0.25) is 0 Å². The second kappa shape index (κ2) is 6.38. The van der Waals surface area contributed by atoms with Crippen molar-refractivity contribution in [3.63, 3.8) is 0 Å². The lowest BCUT2D eigenvalue weighted by Gasteiger charge is -2.21. The summed E-state index contributed by atoms with van der Waals surface area (Å²) < 4.78 is 5.60. The lowest BCUT2D eigenvalue weighted by atomic mass is 10.2. The van der Waals surface area contributed by atoms with Crippen molar-refractivity contribution in [1.82, 2.24) is 10.2 Å². The summed E-state index contributed by atoms with van der Waals surface area (Å²) in [6.07, 6.45) is 4.18. The molecule has 0 aromatic heterocycles. The van der Waals surface area contributed by atoms with E-state index in [0.29, 0.717) is 12.1 Å². The van der Waals surface area contributed by atoms with Gasteiger partial charge in [0.15, 0.2) is 0 Å². The normalized spacial score (nSPS) is 24.4. The van der Waals surface area contributed by atoms with Crippen molar-refractivity contribution in [2.24, 2.45) is 0 Å². The molecule has 1 saturated heterocycles. The van der Waals surface area contributed by atoms with Gasteiger partial charge < -0.3 is 15.0 Å². The third-order valence-electron chi connectivity index (χ3n) is 2.98. The van der Waals surface area contributed by atoms with Gasteiger partial charge in [0, 0.05) is 19.2 Å². The Hall–Kier alpha value is -0.120. The number of hydrogen-bond donors (Lipinski definition) is 1. The highest BCUT2D eigenvalue weighted by Crippen LogP contribution is 2.12. The average Bonchev–Trinajstić information content (AvgIpc) is 2.66. The van der Waals surface area contributed by atoms with Crippen molar-refractivity contribution in [1.29, 1.82) is 0 Å². The Morgan fingerprint density at radius 3 is 2.93 bits per heavy atom. The van der Waals surface area contributed by atoms with Gasteiger partial charge in [0.1, 0.15) is 0 Å². The summed E-state index contributed by atoms with van der Waals surface area (Å²) in [7, 11) is 4.20. The molecule has 1 rings (SSSR count). The van der Waals surface area contributed by atoms with Crippen LogP contribution in [0.3, 0.4) is 0 Å². The van der Waals surface area contributed by atoms with E-state index in [1.54, 1.807) is 0 Å². The lowest BCUT2D eigenvalue weighted by Crippen LogP contribution is -2.33. The Kier molecular flexibility index (Phi) is 5.45. The van der Waals surface area contributed by atoms with Gasteiger partial charge in [-0.25, -0.2) is 0 Å². The molecule has 3 nitrogen and oxygen atoms in total. The zero-order chi connectivity index (χ0) is 10.4. The number of nitrogens with one attached hydrogen (secondary N) is 1. The van der Waals surface area contributed by atoms with Crippen molar-refractivity contribution < 1.29 is 4.74 Å². The fourth-order valence-corrected chi connectivity index (χ4v) is 1.79. The lowest BCUT2D eigenvalue weighted by molar-refractivity contribution is 0.0803. The monoisotopic (exact) mass is 200 g/mol. The quantitative estimate of drug-likeness (QED) is 0.695.